The fourth-order valence-corrected chi connectivity index (χ4v) is 4.61. The van der Waals surface area contributed by atoms with Crippen molar-refractivity contribution in [2.24, 2.45) is 5.73 Å². The van der Waals surface area contributed by atoms with Crippen LogP contribution in [-0.2, 0) is 36.8 Å². The van der Waals surface area contributed by atoms with E-state index in [1.54, 1.807) is 12.1 Å². The van der Waals surface area contributed by atoms with Crippen molar-refractivity contribution in [3.63, 3.8) is 0 Å². The summed E-state index contributed by atoms with van der Waals surface area (Å²) in [5.41, 5.74) is 7.63. The van der Waals surface area contributed by atoms with E-state index < -0.39 is 54.3 Å². The first-order valence-electron chi connectivity index (χ1n) is 13.0. The number of hydrogen-bond donors (Lipinski definition) is 6. The number of aliphatic carboxylic acids is 2. The quantitative estimate of drug-likeness (QED) is 0.203. The molecular formula is C28H34N4O8. The first-order valence-corrected chi connectivity index (χ1v) is 13.0. The lowest BCUT2D eigenvalue weighted by Gasteiger charge is -2.29. The summed E-state index contributed by atoms with van der Waals surface area (Å²) in [6.45, 7) is 0.324. The van der Waals surface area contributed by atoms with Crippen LogP contribution in [0.4, 0.5) is 0 Å². The molecule has 1 saturated heterocycles. The van der Waals surface area contributed by atoms with Gasteiger partial charge in [-0.25, -0.2) is 4.79 Å². The molecule has 1 aliphatic rings. The normalized spacial score (nSPS) is 16.9. The monoisotopic (exact) mass is 554 g/mol. The minimum atomic E-state index is -1.48. The Hall–Kier alpha value is -4.45. The first-order chi connectivity index (χ1) is 19.0. The second-order valence-corrected chi connectivity index (χ2v) is 9.75. The van der Waals surface area contributed by atoms with E-state index in [-0.39, 0.29) is 24.5 Å². The number of benzene rings is 2. The molecule has 3 rings (SSSR count). The van der Waals surface area contributed by atoms with Gasteiger partial charge in [0.15, 0.2) is 0 Å². The summed E-state index contributed by atoms with van der Waals surface area (Å²) in [6, 6.07) is 10.7. The molecule has 1 fully saturated rings. The number of amides is 3. The van der Waals surface area contributed by atoms with Crippen LogP contribution in [-0.4, -0.2) is 80.6 Å². The molecule has 1 aliphatic heterocycles. The third-order valence-electron chi connectivity index (χ3n) is 6.72. The highest BCUT2D eigenvalue weighted by Gasteiger charge is 2.38. The van der Waals surface area contributed by atoms with E-state index in [1.165, 1.54) is 17.0 Å². The molecule has 12 heteroatoms. The van der Waals surface area contributed by atoms with Crippen LogP contribution in [0.3, 0.4) is 0 Å². The second-order valence-electron chi connectivity index (χ2n) is 9.75. The van der Waals surface area contributed by atoms with E-state index in [9.17, 15) is 34.2 Å². The Morgan fingerprint density at radius 2 is 1.55 bits per heavy atom. The maximum atomic E-state index is 13.4. The Morgan fingerprint density at radius 3 is 2.17 bits per heavy atom. The molecule has 2 aromatic carbocycles. The molecule has 1 heterocycles. The number of phenols is 1. The Morgan fingerprint density at radius 1 is 0.900 bits per heavy atom. The number of nitrogens with one attached hydrogen (secondary N) is 2. The molecule has 4 unspecified atom stereocenters. The summed E-state index contributed by atoms with van der Waals surface area (Å²) in [5, 5.41) is 32.9. The molecule has 12 nitrogen and oxygen atoms in total. The minimum absolute atomic E-state index is 0.000324. The van der Waals surface area contributed by atoms with Crippen LogP contribution in [0.25, 0.3) is 0 Å². The number of hydrogen-bond acceptors (Lipinski definition) is 7. The van der Waals surface area contributed by atoms with Crippen LogP contribution in [0.2, 0.25) is 0 Å². The molecule has 0 bridgehead atoms. The summed E-state index contributed by atoms with van der Waals surface area (Å²) in [6.07, 6.45) is 0.349. The highest BCUT2D eigenvalue weighted by Crippen LogP contribution is 2.20. The Kier molecular flexibility index (Phi) is 10.6. The van der Waals surface area contributed by atoms with Crippen molar-refractivity contribution in [2.75, 3.05) is 6.54 Å². The molecule has 3 amide bonds. The number of nitrogens with zero attached hydrogens (tertiary/aromatic N) is 1. The van der Waals surface area contributed by atoms with Crippen LogP contribution in [0.15, 0.2) is 54.6 Å². The molecule has 40 heavy (non-hydrogen) atoms. The largest absolute Gasteiger partial charge is 0.508 e. The number of carboxylic acid groups (broad SMARTS) is 2. The van der Waals surface area contributed by atoms with E-state index in [2.05, 4.69) is 10.6 Å². The number of rotatable bonds is 13. The Balaban J connectivity index is 1.74. The van der Waals surface area contributed by atoms with Gasteiger partial charge in [-0.1, -0.05) is 42.5 Å². The zero-order valence-corrected chi connectivity index (χ0v) is 21.9. The molecule has 2 aromatic rings. The third-order valence-corrected chi connectivity index (χ3v) is 6.72. The zero-order chi connectivity index (χ0) is 29.2. The van der Waals surface area contributed by atoms with Gasteiger partial charge in [0.25, 0.3) is 0 Å². The van der Waals surface area contributed by atoms with Crippen molar-refractivity contribution >= 4 is 29.7 Å². The van der Waals surface area contributed by atoms with Gasteiger partial charge >= 0.3 is 11.9 Å². The van der Waals surface area contributed by atoms with Gasteiger partial charge in [0.05, 0.1) is 6.04 Å². The highest BCUT2D eigenvalue weighted by molar-refractivity contribution is 5.94. The molecule has 0 saturated carbocycles. The van der Waals surface area contributed by atoms with Gasteiger partial charge in [-0.2, -0.15) is 0 Å². The first kappa shape index (κ1) is 30.1. The topological polar surface area (TPSA) is 199 Å². The average Bonchev–Trinajstić information content (AvgIpc) is 3.41. The summed E-state index contributed by atoms with van der Waals surface area (Å²) >= 11 is 0. The van der Waals surface area contributed by atoms with Crippen molar-refractivity contribution in [1.82, 2.24) is 15.5 Å². The van der Waals surface area contributed by atoms with Gasteiger partial charge in [-0.15, -0.1) is 0 Å². The van der Waals surface area contributed by atoms with E-state index >= 15 is 0 Å². The molecule has 0 radical (unpaired) electrons. The van der Waals surface area contributed by atoms with Crippen molar-refractivity contribution in [3.8, 4) is 5.75 Å². The molecule has 0 spiro atoms. The van der Waals surface area contributed by atoms with Crippen molar-refractivity contribution in [1.29, 1.82) is 0 Å². The number of aromatic hydroxyl groups is 1. The van der Waals surface area contributed by atoms with E-state index in [1.807, 2.05) is 30.3 Å². The molecule has 0 aromatic heterocycles. The van der Waals surface area contributed by atoms with Crippen LogP contribution in [0, 0.1) is 0 Å². The lowest BCUT2D eigenvalue weighted by molar-refractivity contribution is -0.144. The van der Waals surface area contributed by atoms with Crippen molar-refractivity contribution < 1.29 is 39.3 Å². The fraction of sp³-hybridized carbons (Fsp3) is 0.393. The predicted molar refractivity (Wildman–Crippen MR) is 143 cm³/mol. The summed E-state index contributed by atoms with van der Waals surface area (Å²) in [7, 11) is 0. The number of carbonyl (C=O) groups excluding carboxylic acids is 3. The van der Waals surface area contributed by atoms with Gasteiger partial charge in [-0.3, -0.25) is 19.2 Å². The van der Waals surface area contributed by atoms with Gasteiger partial charge in [0.2, 0.25) is 17.7 Å². The second kappa shape index (κ2) is 14.1. The molecule has 0 aliphatic carbocycles. The zero-order valence-electron chi connectivity index (χ0n) is 21.9. The average molecular weight is 555 g/mol. The summed E-state index contributed by atoms with van der Waals surface area (Å²) in [5.74, 6) is -4.43. The standard InChI is InChI=1S/C28H34N4O8/c29-20(15-17-5-2-1-3-6-17)27(38)32-14-4-7-23(32)26(37)31-22(16-18-8-10-19(33)11-9-18)25(36)30-21(28(39)40)12-13-24(34)35/h1-3,5-6,8-11,20-23,33H,4,7,12-16,29H2,(H,30,36)(H,31,37)(H,34,35)(H,39,40). The molecule has 214 valence electrons. The Bertz CT molecular complexity index is 1200. The van der Waals surface area contributed by atoms with Crippen LogP contribution in [0.1, 0.15) is 36.8 Å². The molecule has 4 atom stereocenters. The smallest absolute Gasteiger partial charge is 0.326 e. The lowest BCUT2D eigenvalue weighted by Crippen LogP contribution is -2.57. The van der Waals surface area contributed by atoms with E-state index in [0.29, 0.717) is 31.4 Å². The summed E-state index contributed by atoms with van der Waals surface area (Å²) < 4.78 is 0. The van der Waals surface area contributed by atoms with Gasteiger partial charge < -0.3 is 36.6 Å². The summed E-state index contributed by atoms with van der Waals surface area (Å²) in [4.78, 5) is 63.7. The number of phenolic OH excluding ortho intramolecular Hbond substituents is 1. The number of nitrogens with two attached hydrogens (primary N) is 1. The van der Waals surface area contributed by atoms with E-state index in [0.717, 1.165) is 5.56 Å². The number of carbonyl (C=O) groups is 5. The van der Waals surface area contributed by atoms with Gasteiger partial charge in [0.1, 0.15) is 23.9 Å². The maximum absolute atomic E-state index is 13.4. The van der Waals surface area contributed by atoms with Crippen LogP contribution >= 0.6 is 0 Å². The maximum Gasteiger partial charge on any atom is 0.326 e. The van der Waals surface area contributed by atoms with Crippen molar-refractivity contribution in [2.45, 2.75) is 62.7 Å². The number of likely N-dealkylation sites (tertiary alicyclic amines) is 1. The van der Waals surface area contributed by atoms with Gasteiger partial charge in [0, 0.05) is 19.4 Å². The minimum Gasteiger partial charge on any atom is -0.508 e. The Labute approximate surface area is 231 Å². The van der Waals surface area contributed by atoms with Crippen LogP contribution < -0.4 is 16.4 Å². The lowest BCUT2D eigenvalue weighted by atomic mass is 10.0. The van der Waals surface area contributed by atoms with Crippen LogP contribution in [0.5, 0.6) is 5.75 Å². The van der Waals surface area contributed by atoms with Crippen molar-refractivity contribution in [3.05, 3.63) is 65.7 Å². The highest BCUT2D eigenvalue weighted by atomic mass is 16.4. The molecule has 7 N–H and O–H groups in total. The fourth-order valence-electron chi connectivity index (χ4n) is 4.61. The predicted octanol–water partition coefficient (Wildman–Crippen LogP) is 0.415. The van der Waals surface area contributed by atoms with E-state index in [4.69, 9.17) is 10.8 Å². The molecular weight excluding hydrogens is 520 g/mol. The van der Waals surface area contributed by atoms with Gasteiger partial charge in [-0.05, 0) is 48.9 Å². The third kappa shape index (κ3) is 8.53. The number of carboxylic acids is 2. The SMILES string of the molecule is NC(Cc1ccccc1)C(=O)N1CCCC1C(=O)NC(Cc1ccc(O)cc1)C(=O)NC(CCC(=O)O)C(=O)O.